The molecule has 1 aromatic heterocycles. The van der Waals surface area contributed by atoms with Gasteiger partial charge in [-0.25, -0.2) is 22.7 Å². The number of sulfonamides is 1. The van der Waals surface area contributed by atoms with Crippen LogP contribution in [-0.4, -0.2) is 62.3 Å². The Labute approximate surface area is 132 Å². The predicted octanol–water partition coefficient (Wildman–Crippen LogP) is 0.982. The Morgan fingerprint density at radius 2 is 2.23 bits per heavy atom. The number of aromatic nitrogens is 2. The number of hydrogen-bond donors (Lipinski definition) is 1. The summed E-state index contributed by atoms with van der Waals surface area (Å²) in [6.45, 7) is 4.24. The van der Waals surface area contributed by atoms with Gasteiger partial charge in [-0.05, 0) is 19.8 Å². The first-order valence-corrected chi connectivity index (χ1v) is 9.28. The third kappa shape index (κ3) is 4.62. The summed E-state index contributed by atoms with van der Waals surface area (Å²) in [5.74, 6) is 1.52. The molecule has 0 aliphatic carbocycles. The lowest BCUT2D eigenvalue weighted by Gasteiger charge is -2.30. The van der Waals surface area contributed by atoms with Crippen molar-refractivity contribution in [3.8, 4) is 0 Å². The zero-order chi connectivity index (χ0) is 16.2. The largest absolute Gasteiger partial charge is 0.383 e. The molecule has 2 heterocycles. The Morgan fingerprint density at radius 1 is 1.45 bits per heavy atom. The van der Waals surface area contributed by atoms with Gasteiger partial charge in [0.15, 0.2) is 0 Å². The van der Waals surface area contributed by atoms with Crippen LogP contribution < -0.4 is 5.32 Å². The number of piperidine rings is 1. The molecule has 0 saturated carbocycles. The molecular formula is C14H24N4O3S. The van der Waals surface area contributed by atoms with E-state index in [1.807, 2.05) is 13.0 Å². The molecule has 0 aromatic carbocycles. The van der Waals surface area contributed by atoms with Gasteiger partial charge < -0.3 is 10.1 Å². The van der Waals surface area contributed by atoms with Gasteiger partial charge in [0.1, 0.15) is 11.6 Å². The molecule has 22 heavy (non-hydrogen) atoms. The van der Waals surface area contributed by atoms with Crippen LogP contribution in [0.2, 0.25) is 0 Å². The van der Waals surface area contributed by atoms with E-state index < -0.39 is 10.0 Å². The topological polar surface area (TPSA) is 84.4 Å². The fourth-order valence-corrected chi connectivity index (χ4v) is 3.51. The van der Waals surface area contributed by atoms with Crippen molar-refractivity contribution in [3.63, 3.8) is 0 Å². The van der Waals surface area contributed by atoms with E-state index in [9.17, 15) is 8.42 Å². The summed E-state index contributed by atoms with van der Waals surface area (Å²) in [5, 5.41) is 3.20. The Morgan fingerprint density at radius 3 is 2.91 bits per heavy atom. The van der Waals surface area contributed by atoms with Gasteiger partial charge in [-0.1, -0.05) is 0 Å². The molecule has 0 spiro atoms. The van der Waals surface area contributed by atoms with Gasteiger partial charge in [0.25, 0.3) is 0 Å². The maximum atomic E-state index is 11.7. The number of nitrogens with one attached hydrogen (secondary N) is 1. The minimum Gasteiger partial charge on any atom is -0.383 e. The molecule has 1 N–H and O–H groups in total. The lowest BCUT2D eigenvalue weighted by Crippen LogP contribution is -2.38. The van der Waals surface area contributed by atoms with Crippen molar-refractivity contribution in [2.75, 3.05) is 44.9 Å². The lowest BCUT2D eigenvalue weighted by atomic mass is 9.99. The molecule has 0 amide bonds. The average molecular weight is 328 g/mol. The highest BCUT2D eigenvalue weighted by atomic mass is 32.2. The number of methoxy groups -OCH3 is 1. The third-order valence-electron chi connectivity index (χ3n) is 3.70. The highest BCUT2D eigenvalue weighted by Gasteiger charge is 2.28. The van der Waals surface area contributed by atoms with Crippen LogP contribution >= 0.6 is 0 Å². The number of rotatable bonds is 6. The van der Waals surface area contributed by atoms with Gasteiger partial charge in [0.05, 0.1) is 12.9 Å². The summed E-state index contributed by atoms with van der Waals surface area (Å²) >= 11 is 0. The van der Waals surface area contributed by atoms with Crippen molar-refractivity contribution < 1.29 is 13.2 Å². The number of aryl methyl sites for hydroxylation is 1. The molecule has 0 bridgehead atoms. The molecule has 1 aliphatic heterocycles. The van der Waals surface area contributed by atoms with Crippen LogP contribution in [0.15, 0.2) is 6.07 Å². The van der Waals surface area contributed by atoms with Gasteiger partial charge in [-0.15, -0.1) is 0 Å². The Hall–Kier alpha value is -1.25. The first-order chi connectivity index (χ1) is 10.4. The maximum Gasteiger partial charge on any atom is 0.211 e. The first kappa shape index (κ1) is 17.1. The predicted molar refractivity (Wildman–Crippen MR) is 85.5 cm³/mol. The molecular weight excluding hydrogens is 304 g/mol. The second kappa shape index (κ2) is 7.34. The van der Waals surface area contributed by atoms with Crippen molar-refractivity contribution in [1.82, 2.24) is 14.3 Å². The molecule has 1 atom stereocenters. The summed E-state index contributed by atoms with van der Waals surface area (Å²) in [4.78, 5) is 9.04. The Bertz CT molecular complexity index is 606. The molecule has 0 unspecified atom stereocenters. The second-order valence-corrected chi connectivity index (χ2v) is 7.61. The fourth-order valence-electron chi connectivity index (χ4n) is 2.60. The van der Waals surface area contributed by atoms with Crippen molar-refractivity contribution in [2.45, 2.75) is 25.7 Å². The van der Waals surface area contributed by atoms with E-state index >= 15 is 0 Å². The fraction of sp³-hybridized carbons (Fsp3) is 0.714. The van der Waals surface area contributed by atoms with E-state index in [4.69, 9.17) is 4.74 Å². The second-order valence-electron chi connectivity index (χ2n) is 5.63. The number of ether oxygens (including phenoxy) is 1. The van der Waals surface area contributed by atoms with E-state index in [2.05, 4.69) is 15.3 Å². The summed E-state index contributed by atoms with van der Waals surface area (Å²) in [5.41, 5.74) is 0.876. The monoisotopic (exact) mass is 328 g/mol. The van der Waals surface area contributed by atoms with Crippen LogP contribution in [0.1, 0.15) is 30.3 Å². The minimum absolute atomic E-state index is 0.0475. The molecule has 8 heteroatoms. The van der Waals surface area contributed by atoms with Crippen LogP contribution in [-0.2, 0) is 14.8 Å². The zero-order valence-electron chi connectivity index (χ0n) is 13.4. The van der Waals surface area contributed by atoms with Crippen molar-refractivity contribution in [1.29, 1.82) is 0 Å². The van der Waals surface area contributed by atoms with Gasteiger partial charge in [-0.2, -0.15) is 0 Å². The Kier molecular flexibility index (Phi) is 5.71. The van der Waals surface area contributed by atoms with Crippen LogP contribution in [0.5, 0.6) is 0 Å². The normalized spacial score (nSPS) is 20.0. The highest BCUT2D eigenvalue weighted by Crippen LogP contribution is 2.26. The van der Waals surface area contributed by atoms with Gasteiger partial charge in [0.2, 0.25) is 10.0 Å². The SMILES string of the molecule is COCCNc1cc(C)nc([C@@H]2CCCN(S(C)(=O)=O)C2)n1. The summed E-state index contributed by atoms with van der Waals surface area (Å²) in [6, 6.07) is 1.89. The zero-order valence-corrected chi connectivity index (χ0v) is 14.2. The summed E-state index contributed by atoms with van der Waals surface area (Å²) < 4.78 is 30.0. The molecule has 1 aromatic rings. The van der Waals surface area contributed by atoms with Crippen molar-refractivity contribution in [2.24, 2.45) is 0 Å². The first-order valence-electron chi connectivity index (χ1n) is 7.43. The molecule has 124 valence electrons. The van der Waals surface area contributed by atoms with Gasteiger partial charge >= 0.3 is 0 Å². The molecule has 2 rings (SSSR count). The molecule has 0 radical (unpaired) electrons. The molecule has 1 fully saturated rings. The smallest absolute Gasteiger partial charge is 0.211 e. The quantitative estimate of drug-likeness (QED) is 0.784. The molecule has 1 aliphatic rings. The van der Waals surface area contributed by atoms with Gasteiger partial charge in [0, 0.05) is 44.4 Å². The lowest BCUT2D eigenvalue weighted by molar-refractivity contribution is 0.210. The van der Waals surface area contributed by atoms with E-state index in [0.29, 0.717) is 32.1 Å². The van der Waals surface area contributed by atoms with Gasteiger partial charge in [-0.3, -0.25) is 0 Å². The van der Waals surface area contributed by atoms with Crippen LogP contribution in [0, 0.1) is 6.92 Å². The minimum atomic E-state index is -3.16. The van der Waals surface area contributed by atoms with E-state index in [1.165, 1.54) is 10.6 Å². The van der Waals surface area contributed by atoms with E-state index in [1.54, 1.807) is 7.11 Å². The summed E-state index contributed by atoms with van der Waals surface area (Å²) in [6.07, 6.45) is 3.00. The highest BCUT2D eigenvalue weighted by molar-refractivity contribution is 7.88. The number of nitrogens with zero attached hydrogens (tertiary/aromatic N) is 3. The summed E-state index contributed by atoms with van der Waals surface area (Å²) in [7, 11) is -1.51. The van der Waals surface area contributed by atoms with Crippen LogP contribution in [0.25, 0.3) is 0 Å². The van der Waals surface area contributed by atoms with Crippen molar-refractivity contribution >= 4 is 15.8 Å². The molecule has 1 saturated heterocycles. The van der Waals surface area contributed by atoms with Crippen LogP contribution in [0.3, 0.4) is 0 Å². The Balaban J connectivity index is 2.13. The van der Waals surface area contributed by atoms with E-state index in [0.717, 1.165) is 24.4 Å². The molecule has 7 nitrogen and oxygen atoms in total. The van der Waals surface area contributed by atoms with E-state index in [-0.39, 0.29) is 5.92 Å². The standard InChI is InChI=1S/C14H24N4O3S/c1-11-9-13(15-6-8-21-2)17-14(16-11)12-5-4-7-18(10-12)22(3,19)20/h9,12H,4-8,10H2,1-3H3,(H,15,16,17)/t12-/m1/s1. The van der Waals surface area contributed by atoms with Crippen molar-refractivity contribution in [3.05, 3.63) is 17.6 Å². The maximum absolute atomic E-state index is 11.7. The number of anilines is 1. The third-order valence-corrected chi connectivity index (χ3v) is 4.97. The average Bonchev–Trinajstić information content (AvgIpc) is 2.46. The number of hydrogen-bond acceptors (Lipinski definition) is 6. The van der Waals surface area contributed by atoms with Crippen LogP contribution in [0.4, 0.5) is 5.82 Å².